The molecule has 100 valence electrons. The van der Waals surface area contributed by atoms with Crippen LogP contribution in [0.25, 0.3) is 0 Å². The number of carbonyl (C=O) groups is 1. The summed E-state index contributed by atoms with van der Waals surface area (Å²) in [5, 5.41) is 17.5. The second-order valence-electron chi connectivity index (χ2n) is 4.01. The Kier molecular flexibility index (Phi) is 5.31. The summed E-state index contributed by atoms with van der Waals surface area (Å²) in [5.74, 6) is -1.38. The summed E-state index contributed by atoms with van der Waals surface area (Å²) in [7, 11) is -3.82. The fourth-order valence-corrected chi connectivity index (χ4v) is 3.12. The highest BCUT2D eigenvalue weighted by atomic mass is 32.2. The number of aliphatic carboxylic acids is 1. The highest BCUT2D eigenvalue weighted by Gasteiger charge is 2.28. The topological polar surface area (TPSA) is 107 Å². The van der Waals surface area contributed by atoms with E-state index in [2.05, 4.69) is 0 Å². The number of hydrogen-bond donors (Lipinski definition) is 3. The van der Waals surface area contributed by atoms with E-state index in [-0.39, 0.29) is 0 Å². The van der Waals surface area contributed by atoms with Gasteiger partial charge in [-0.2, -0.15) is 17.4 Å². The minimum atomic E-state index is -3.82. The lowest BCUT2D eigenvalue weighted by molar-refractivity contribution is -0.139. The predicted octanol–water partition coefficient (Wildman–Crippen LogP) is -0.858. The first-order chi connectivity index (χ1) is 7.97. The Morgan fingerprint density at radius 3 is 2.18 bits per heavy atom. The fourth-order valence-electron chi connectivity index (χ4n) is 1.70. The van der Waals surface area contributed by atoms with Crippen LogP contribution in [0, 0.1) is 0 Å². The Morgan fingerprint density at radius 2 is 1.76 bits per heavy atom. The average molecular weight is 266 g/mol. The SMILES string of the molecule is O=C(O)C(CO)NS(=O)(=O)N1CCCCCC1. The largest absolute Gasteiger partial charge is 0.480 e. The minimum absolute atomic E-state index is 0.396. The molecule has 0 spiro atoms. The van der Waals surface area contributed by atoms with Gasteiger partial charge in [0, 0.05) is 13.1 Å². The molecule has 1 aliphatic heterocycles. The van der Waals surface area contributed by atoms with Gasteiger partial charge in [0.2, 0.25) is 0 Å². The molecule has 0 aromatic carbocycles. The van der Waals surface area contributed by atoms with Crippen molar-refractivity contribution in [2.45, 2.75) is 31.7 Å². The molecule has 1 heterocycles. The molecular weight excluding hydrogens is 248 g/mol. The van der Waals surface area contributed by atoms with Crippen molar-refractivity contribution >= 4 is 16.2 Å². The van der Waals surface area contributed by atoms with Gasteiger partial charge in [0.1, 0.15) is 6.04 Å². The zero-order valence-corrected chi connectivity index (χ0v) is 10.3. The minimum Gasteiger partial charge on any atom is -0.480 e. The molecule has 0 radical (unpaired) electrons. The fraction of sp³-hybridized carbons (Fsp3) is 0.889. The van der Waals surface area contributed by atoms with E-state index in [1.165, 1.54) is 4.31 Å². The quantitative estimate of drug-likeness (QED) is 0.600. The number of carboxylic acids is 1. The van der Waals surface area contributed by atoms with E-state index in [0.717, 1.165) is 25.7 Å². The van der Waals surface area contributed by atoms with Crippen LogP contribution < -0.4 is 4.72 Å². The first kappa shape index (κ1) is 14.4. The summed E-state index contributed by atoms with van der Waals surface area (Å²) >= 11 is 0. The molecule has 0 aromatic heterocycles. The number of hydrogen-bond acceptors (Lipinski definition) is 4. The van der Waals surface area contributed by atoms with Crippen molar-refractivity contribution in [3.63, 3.8) is 0 Å². The Bertz CT molecular complexity index is 348. The average Bonchev–Trinajstić information content (AvgIpc) is 2.54. The first-order valence-electron chi connectivity index (χ1n) is 5.58. The number of aliphatic hydroxyl groups is 1. The lowest BCUT2D eigenvalue weighted by Crippen LogP contribution is -2.50. The lowest BCUT2D eigenvalue weighted by atomic mass is 10.2. The van der Waals surface area contributed by atoms with Gasteiger partial charge in [-0.25, -0.2) is 0 Å². The summed E-state index contributed by atoms with van der Waals surface area (Å²) in [6, 6.07) is -1.48. The number of rotatable bonds is 5. The van der Waals surface area contributed by atoms with E-state index in [1.54, 1.807) is 0 Å². The zero-order valence-electron chi connectivity index (χ0n) is 9.50. The molecule has 17 heavy (non-hydrogen) atoms. The van der Waals surface area contributed by atoms with Crippen LogP contribution >= 0.6 is 0 Å². The summed E-state index contributed by atoms with van der Waals surface area (Å²) in [6.45, 7) is 0.0304. The number of aliphatic hydroxyl groups excluding tert-OH is 1. The van der Waals surface area contributed by atoms with Crippen LogP contribution in [0.4, 0.5) is 0 Å². The van der Waals surface area contributed by atoms with Gasteiger partial charge in [0.15, 0.2) is 0 Å². The molecule has 1 atom stereocenters. The summed E-state index contributed by atoms with van der Waals surface area (Å²) < 4.78 is 26.9. The third kappa shape index (κ3) is 4.23. The Hall–Kier alpha value is -0.700. The lowest BCUT2D eigenvalue weighted by Gasteiger charge is -2.22. The van der Waals surface area contributed by atoms with Gasteiger partial charge >= 0.3 is 5.97 Å². The van der Waals surface area contributed by atoms with Crippen LogP contribution in [0.3, 0.4) is 0 Å². The molecule has 0 bridgehead atoms. The molecule has 1 aliphatic rings. The maximum Gasteiger partial charge on any atom is 0.324 e. The summed E-state index contributed by atoms with van der Waals surface area (Å²) in [5.41, 5.74) is 0. The Labute approximate surface area is 101 Å². The van der Waals surface area contributed by atoms with E-state index in [4.69, 9.17) is 10.2 Å². The normalized spacial score (nSPS) is 20.8. The summed E-state index contributed by atoms with van der Waals surface area (Å²) in [4.78, 5) is 10.7. The van der Waals surface area contributed by atoms with Gasteiger partial charge in [0.25, 0.3) is 10.2 Å². The van der Waals surface area contributed by atoms with E-state index in [1.807, 2.05) is 4.72 Å². The molecule has 0 saturated carbocycles. The Morgan fingerprint density at radius 1 is 1.24 bits per heavy atom. The van der Waals surface area contributed by atoms with E-state index in [0.29, 0.717) is 13.1 Å². The van der Waals surface area contributed by atoms with Gasteiger partial charge in [0.05, 0.1) is 6.61 Å². The monoisotopic (exact) mass is 266 g/mol. The third-order valence-corrected chi connectivity index (χ3v) is 4.30. The van der Waals surface area contributed by atoms with Crippen molar-refractivity contribution in [3.8, 4) is 0 Å². The van der Waals surface area contributed by atoms with Gasteiger partial charge in [-0.1, -0.05) is 12.8 Å². The zero-order chi connectivity index (χ0) is 12.9. The van der Waals surface area contributed by atoms with Crippen molar-refractivity contribution in [2.24, 2.45) is 0 Å². The van der Waals surface area contributed by atoms with Crippen LogP contribution in [0.1, 0.15) is 25.7 Å². The number of nitrogens with one attached hydrogen (secondary N) is 1. The van der Waals surface area contributed by atoms with Crippen molar-refractivity contribution < 1.29 is 23.4 Å². The molecule has 3 N–H and O–H groups in total. The van der Waals surface area contributed by atoms with Gasteiger partial charge in [-0.05, 0) is 12.8 Å². The molecular formula is C9H18N2O5S. The van der Waals surface area contributed by atoms with Crippen molar-refractivity contribution in [3.05, 3.63) is 0 Å². The van der Waals surface area contributed by atoms with Gasteiger partial charge < -0.3 is 10.2 Å². The van der Waals surface area contributed by atoms with E-state index < -0.39 is 28.8 Å². The molecule has 1 rings (SSSR count). The van der Waals surface area contributed by atoms with Crippen LogP contribution in [0.15, 0.2) is 0 Å². The standard InChI is InChI=1S/C9H18N2O5S/c12-7-8(9(13)14)10-17(15,16)11-5-3-1-2-4-6-11/h8,10,12H,1-7H2,(H,13,14). The maximum absolute atomic E-state index is 11.9. The number of carboxylic acid groups (broad SMARTS) is 1. The molecule has 7 nitrogen and oxygen atoms in total. The molecule has 0 aromatic rings. The predicted molar refractivity (Wildman–Crippen MR) is 60.6 cm³/mol. The maximum atomic E-state index is 11.9. The molecule has 0 aliphatic carbocycles. The van der Waals surface area contributed by atoms with Gasteiger partial charge in [-0.15, -0.1) is 0 Å². The van der Waals surface area contributed by atoms with Crippen molar-refractivity contribution in [2.75, 3.05) is 19.7 Å². The third-order valence-electron chi connectivity index (χ3n) is 2.68. The van der Waals surface area contributed by atoms with Crippen LogP contribution in [0.5, 0.6) is 0 Å². The molecule has 1 saturated heterocycles. The van der Waals surface area contributed by atoms with Crippen LogP contribution in [-0.4, -0.2) is 54.6 Å². The van der Waals surface area contributed by atoms with E-state index >= 15 is 0 Å². The second-order valence-corrected chi connectivity index (χ2v) is 5.71. The molecule has 8 heteroatoms. The van der Waals surface area contributed by atoms with Gasteiger partial charge in [-0.3, -0.25) is 4.79 Å². The van der Waals surface area contributed by atoms with E-state index in [9.17, 15) is 13.2 Å². The van der Waals surface area contributed by atoms with Crippen LogP contribution in [0.2, 0.25) is 0 Å². The van der Waals surface area contributed by atoms with Crippen molar-refractivity contribution in [1.29, 1.82) is 0 Å². The highest BCUT2D eigenvalue weighted by Crippen LogP contribution is 2.12. The molecule has 1 fully saturated rings. The highest BCUT2D eigenvalue weighted by molar-refractivity contribution is 7.87. The first-order valence-corrected chi connectivity index (χ1v) is 7.02. The smallest absolute Gasteiger partial charge is 0.324 e. The summed E-state index contributed by atoms with van der Waals surface area (Å²) in [6.07, 6.45) is 3.51. The van der Waals surface area contributed by atoms with Crippen LogP contribution in [-0.2, 0) is 15.0 Å². The number of nitrogens with zero attached hydrogens (tertiary/aromatic N) is 1. The molecule has 0 amide bonds. The second kappa shape index (κ2) is 6.29. The Balaban J connectivity index is 2.68. The van der Waals surface area contributed by atoms with Crippen molar-refractivity contribution in [1.82, 2.24) is 9.03 Å². The molecule has 1 unspecified atom stereocenters.